The van der Waals surface area contributed by atoms with Crippen molar-refractivity contribution >= 4 is 0 Å². The maximum atomic E-state index is 3.39. The van der Waals surface area contributed by atoms with Crippen molar-refractivity contribution in [1.29, 1.82) is 0 Å². The van der Waals surface area contributed by atoms with E-state index < -0.39 is 0 Å². The van der Waals surface area contributed by atoms with Gasteiger partial charge in [-0.2, -0.15) is 0 Å². The summed E-state index contributed by atoms with van der Waals surface area (Å²) in [5, 5.41) is 0. The van der Waals surface area contributed by atoms with E-state index in [1.165, 1.54) is 17.8 Å². The van der Waals surface area contributed by atoms with Crippen LogP contribution in [0.1, 0.15) is 33.6 Å². The third-order valence-corrected chi connectivity index (χ3v) is 1.82. The summed E-state index contributed by atoms with van der Waals surface area (Å²) in [6, 6.07) is 4.37. The number of nitrogens with one attached hydrogen (secondary N) is 1. The fraction of sp³-hybridized carbons (Fsp3) is 0.600. The second-order valence-electron chi connectivity index (χ2n) is 3.46. The molecule has 1 rings (SSSR count). The molecule has 1 N–H and O–H groups in total. The molecule has 0 fully saturated rings. The van der Waals surface area contributed by atoms with Gasteiger partial charge in [-0.15, -0.1) is 0 Å². The Bertz CT molecular complexity index is 215. The number of aryl methyl sites for hydroxylation is 1. The zero-order chi connectivity index (χ0) is 8.27. The fourth-order valence-corrected chi connectivity index (χ4v) is 1.26. The second-order valence-corrected chi connectivity index (χ2v) is 3.46. The Balaban J connectivity index is 0.00000121. The van der Waals surface area contributed by atoms with Crippen molar-refractivity contribution in [1.82, 2.24) is 4.98 Å². The van der Waals surface area contributed by atoms with Crippen LogP contribution in [0.15, 0.2) is 12.1 Å². The quantitative estimate of drug-likeness (QED) is 0.687. The molecular formula is C10H19N. The van der Waals surface area contributed by atoms with E-state index in [2.05, 4.69) is 37.9 Å². The number of hydrogen-bond donors (Lipinski definition) is 1. The van der Waals surface area contributed by atoms with E-state index in [-0.39, 0.29) is 1.43 Å². The Labute approximate surface area is 70.3 Å². The van der Waals surface area contributed by atoms with Crippen molar-refractivity contribution in [3.8, 4) is 0 Å². The number of aromatic amines is 1. The van der Waals surface area contributed by atoms with Crippen molar-refractivity contribution in [2.75, 3.05) is 0 Å². The predicted octanol–water partition coefficient (Wildman–Crippen LogP) is 3.02. The van der Waals surface area contributed by atoms with Gasteiger partial charge >= 0.3 is 0 Å². The number of aromatic nitrogens is 1. The summed E-state index contributed by atoms with van der Waals surface area (Å²) in [5.41, 5.74) is 2.72. The highest BCUT2D eigenvalue weighted by Crippen LogP contribution is 2.07. The van der Waals surface area contributed by atoms with Crippen LogP contribution in [0.5, 0.6) is 0 Å². The van der Waals surface area contributed by atoms with E-state index in [0.717, 1.165) is 12.3 Å². The van der Waals surface area contributed by atoms with E-state index in [4.69, 9.17) is 0 Å². The summed E-state index contributed by atoms with van der Waals surface area (Å²) in [6.45, 7) is 6.66. The fourth-order valence-electron chi connectivity index (χ4n) is 1.26. The Kier molecular flexibility index (Phi) is 2.75. The van der Waals surface area contributed by atoms with Crippen LogP contribution < -0.4 is 0 Å². The highest BCUT2D eigenvalue weighted by Gasteiger charge is 1.99. The van der Waals surface area contributed by atoms with Crippen molar-refractivity contribution in [3.05, 3.63) is 23.5 Å². The predicted molar refractivity (Wildman–Crippen MR) is 50.8 cm³/mol. The van der Waals surface area contributed by atoms with Crippen LogP contribution in [-0.4, -0.2) is 4.98 Å². The molecular weight excluding hydrogens is 134 g/mol. The van der Waals surface area contributed by atoms with Crippen LogP contribution >= 0.6 is 0 Å². The third kappa shape index (κ3) is 2.41. The van der Waals surface area contributed by atoms with Crippen molar-refractivity contribution in [2.45, 2.75) is 33.6 Å². The first-order chi connectivity index (χ1) is 5.22. The largest absolute Gasteiger partial charge is 0.362 e. The molecule has 1 nitrogen and oxygen atoms in total. The van der Waals surface area contributed by atoms with Crippen molar-refractivity contribution < 1.29 is 1.43 Å². The van der Waals surface area contributed by atoms with Crippen LogP contribution in [-0.2, 0) is 12.8 Å². The maximum Gasteiger partial charge on any atom is 0.0151 e. The molecule has 11 heavy (non-hydrogen) atoms. The van der Waals surface area contributed by atoms with Crippen LogP contribution in [0, 0.1) is 5.92 Å². The SMILES string of the molecule is CCc1ccc(CC(C)C)[nH]1.[HH]. The van der Waals surface area contributed by atoms with Gasteiger partial charge < -0.3 is 4.98 Å². The van der Waals surface area contributed by atoms with Gasteiger partial charge in [0.2, 0.25) is 0 Å². The van der Waals surface area contributed by atoms with Crippen LogP contribution in [0.3, 0.4) is 0 Å². The molecule has 1 heterocycles. The van der Waals surface area contributed by atoms with Gasteiger partial charge in [0.25, 0.3) is 0 Å². The second kappa shape index (κ2) is 3.61. The number of rotatable bonds is 3. The summed E-state index contributed by atoms with van der Waals surface area (Å²) in [5.74, 6) is 0.748. The molecule has 0 bridgehead atoms. The van der Waals surface area contributed by atoms with Crippen molar-refractivity contribution in [3.63, 3.8) is 0 Å². The van der Waals surface area contributed by atoms with Gasteiger partial charge in [0.1, 0.15) is 0 Å². The lowest BCUT2D eigenvalue weighted by atomic mass is 10.1. The van der Waals surface area contributed by atoms with Crippen LogP contribution in [0.25, 0.3) is 0 Å². The molecule has 64 valence electrons. The summed E-state index contributed by atoms with van der Waals surface area (Å²) in [7, 11) is 0. The van der Waals surface area contributed by atoms with Gasteiger partial charge in [-0.1, -0.05) is 20.8 Å². The number of H-pyrrole nitrogens is 1. The molecule has 0 aliphatic heterocycles. The minimum Gasteiger partial charge on any atom is -0.362 e. The lowest BCUT2D eigenvalue weighted by molar-refractivity contribution is 0.636. The van der Waals surface area contributed by atoms with E-state index in [9.17, 15) is 0 Å². The molecule has 1 aromatic rings. The van der Waals surface area contributed by atoms with E-state index >= 15 is 0 Å². The zero-order valence-electron chi connectivity index (χ0n) is 7.65. The molecule has 0 saturated carbocycles. The highest BCUT2D eigenvalue weighted by molar-refractivity contribution is 5.13. The smallest absolute Gasteiger partial charge is 0.0151 e. The summed E-state index contributed by atoms with van der Waals surface area (Å²) < 4.78 is 0. The van der Waals surface area contributed by atoms with E-state index in [1.54, 1.807) is 0 Å². The average Bonchev–Trinajstić information content (AvgIpc) is 2.34. The molecule has 1 aromatic heterocycles. The molecule has 0 aromatic carbocycles. The standard InChI is InChI=1S/C10H17N.H2/c1-4-9-5-6-10(11-9)7-8(2)3;/h5-6,8,11H,4,7H2,1-3H3;1H. The van der Waals surface area contributed by atoms with Gasteiger partial charge in [-0.25, -0.2) is 0 Å². The molecule has 0 spiro atoms. The van der Waals surface area contributed by atoms with Gasteiger partial charge in [0.05, 0.1) is 0 Å². The first kappa shape index (κ1) is 8.38. The normalized spacial score (nSPS) is 10.9. The molecule has 0 unspecified atom stereocenters. The molecule has 0 saturated heterocycles. The molecule has 0 amide bonds. The summed E-state index contributed by atoms with van der Waals surface area (Å²) >= 11 is 0. The zero-order valence-corrected chi connectivity index (χ0v) is 7.65. The van der Waals surface area contributed by atoms with Gasteiger partial charge in [-0.05, 0) is 30.9 Å². The van der Waals surface area contributed by atoms with Crippen LogP contribution in [0.2, 0.25) is 0 Å². The van der Waals surface area contributed by atoms with Crippen molar-refractivity contribution in [2.24, 2.45) is 5.92 Å². The minimum absolute atomic E-state index is 0. The van der Waals surface area contributed by atoms with E-state index in [0.29, 0.717) is 0 Å². The summed E-state index contributed by atoms with van der Waals surface area (Å²) in [4.78, 5) is 3.39. The van der Waals surface area contributed by atoms with Crippen LogP contribution in [0.4, 0.5) is 0 Å². The van der Waals surface area contributed by atoms with E-state index in [1.807, 2.05) is 0 Å². The van der Waals surface area contributed by atoms with Gasteiger partial charge in [-0.3, -0.25) is 0 Å². The molecule has 0 aliphatic rings. The Hall–Kier alpha value is -0.720. The first-order valence-corrected chi connectivity index (χ1v) is 4.39. The Morgan fingerprint density at radius 1 is 1.36 bits per heavy atom. The lowest BCUT2D eigenvalue weighted by Crippen LogP contribution is -1.94. The first-order valence-electron chi connectivity index (χ1n) is 4.39. The highest BCUT2D eigenvalue weighted by atomic mass is 14.7. The average molecular weight is 153 g/mol. The summed E-state index contributed by atoms with van der Waals surface area (Å²) in [6.07, 6.45) is 2.28. The topological polar surface area (TPSA) is 15.8 Å². The number of hydrogen-bond acceptors (Lipinski definition) is 0. The monoisotopic (exact) mass is 153 g/mol. The minimum atomic E-state index is 0. The van der Waals surface area contributed by atoms with Gasteiger partial charge in [0, 0.05) is 12.8 Å². The molecule has 0 atom stereocenters. The maximum absolute atomic E-state index is 3.39. The Morgan fingerprint density at radius 3 is 2.45 bits per heavy atom. The lowest BCUT2D eigenvalue weighted by Gasteiger charge is -2.00. The molecule has 0 radical (unpaired) electrons. The molecule has 1 heteroatoms. The van der Waals surface area contributed by atoms with Gasteiger partial charge in [0.15, 0.2) is 0 Å². The third-order valence-electron chi connectivity index (χ3n) is 1.82. The Morgan fingerprint density at radius 2 is 2.00 bits per heavy atom. The molecule has 0 aliphatic carbocycles.